The van der Waals surface area contributed by atoms with Crippen LogP contribution in [0.15, 0.2) is 52.9 Å². The second-order valence-electron chi connectivity index (χ2n) is 6.64. The van der Waals surface area contributed by atoms with Gasteiger partial charge in [-0.2, -0.15) is 5.10 Å². The minimum Gasteiger partial charge on any atom is -0.358 e. The fraction of sp³-hybridized carbons (Fsp3) is 0.350. The molecule has 0 spiro atoms. The van der Waals surface area contributed by atoms with Crippen LogP contribution in [0.5, 0.6) is 0 Å². The Balaban J connectivity index is 1.49. The zero-order valence-electron chi connectivity index (χ0n) is 14.9. The number of likely N-dealkylation sites (tertiary alicyclic amines) is 1. The van der Waals surface area contributed by atoms with Gasteiger partial charge in [-0.1, -0.05) is 60.4 Å². The molecule has 1 fully saturated rings. The zero-order chi connectivity index (χ0) is 18.6. The Morgan fingerprint density at radius 2 is 1.96 bits per heavy atom. The average Bonchev–Trinajstić information content (AvgIpc) is 3.47. The van der Waals surface area contributed by atoms with Crippen LogP contribution in [0.4, 0.5) is 0 Å². The van der Waals surface area contributed by atoms with Crippen LogP contribution in [0, 0.1) is 0 Å². The number of thioether (sulfide) groups is 1. The van der Waals surface area contributed by atoms with E-state index in [4.69, 9.17) is 17.3 Å². The van der Waals surface area contributed by atoms with Crippen LogP contribution < -0.4 is 0 Å². The van der Waals surface area contributed by atoms with Crippen LogP contribution >= 0.6 is 35.3 Å². The van der Waals surface area contributed by atoms with Crippen molar-refractivity contribution in [1.82, 2.24) is 9.91 Å². The van der Waals surface area contributed by atoms with E-state index < -0.39 is 0 Å². The van der Waals surface area contributed by atoms with Gasteiger partial charge in [-0.15, -0.1) is 11.3 Å². The van der Waals surface area contributed by atoms with Crippen molar-refractivity contribution < 1.29 is 4.79 Å². The van der Waals surface area contributed by atoms with Gasteiger partial charge in [0.15, 0.2) is 0 Å². The maximum Gasteiger partial charge on any atom is 0.253 e. The molecule has 4 nitrogen and oxygen atoms in total. The highest BCUT2D eigenvalue weighted by Gasteiger charge is 2.33. The summed E-state index contributed by atoms with van der Waals surface area (Å²) in [7, 11) is 0. The van der Waals surface area contributed by atoms with Crippen LogP contribution in [0.1, 0.15) is 35.7 Å². The summed E-state index contributed by atoms with van der Waals surface area (Å²) in [5.74, 6) is 0.349. The van der Waals surface area contributed by atoms with E-state index in [-0.39, 0.29) is 11.9 Å². The Kier molecular flexibility index (Phi) is 5.90. The van der Waals surface area contributed by atoms with E-state index >= 15 is 0 Å². The number of hydrogen-bond donors (Lipinski definition) is 0. The first-order chi connectivity index (χ1) is 13.2. The van der Waals surface area contributed by atoms with Gasteiger partial charge in [-0.05, 0) is 29.9 Å². The van der Waals surface area contributed by atoms with Crippen molar-refractivity contribution in [1.29, 1.82) is 0 Å². The fourth-order valence-electron chi connectivity index (χ4n) is 3.45. The lowest BCUT2D eigenvalue weighted by Gasteiger charge is -2.23. The lowest BCUT2D eigenvalue weighted by Crippen LogP contribution is -2.30. The summed E-state index contributed by atoms with van der Waals surface area (Å²) in [4.78, 5) is 16.3. The molecule has 2 aromatic rings. The Labute approximate surface area is 173 Å². The molecule has 1 unspecified atom stereocenters. The summed E-state index contributed by atoms with van der Waals surface area (Å²) in [6.45, 7) is 2.02. The number of nitrogens with zero attached hydrogens (tertiary/aromatic N) is 3. The number of carbonyl (C=O) groups is 1. The molecule has 4 rings (SSSR count). The number of amides is 1. The van der Waals surface area contributed by atoms with Crippen LogP contribution in [-0.2, 0) is 4.79 Å². The van der Waals surface area contributed by atoms with Gasteiger partial charge in [0, 0.05) is 19.5 Å². The van der Waals surface area contributed by atoms with Crippen molar-refractivity contribution in [3.63, 3.8) is 0 Å². The minimum absolute atomic E-state index is 0.0157. The highest BCUT2D eigenvalue weighted by Crippen LogP contribution is 2.34. The number of thiocarbonyl (C=S) groups is 1. The lowest BCUT2D eigenvalue weighted by atomic mass is 10.0. The molecule has 7 heteroatoms. The number of rotatable bonds is 4. The molecule has 1 saturated heterocycles. The predicted molar refractivity (Wildman–Crippen MR) is 117 cm³/mol. The van der Waals surface area contributed by atoms with E-state index in [2.05, 4.69) is 23.1 Å². The maximum atomic E-state index is 13.0. The van der Waals surface area contributed by atoms with Gasteiger partial charge in [0.05, 0.1) is 22.4 Å². The molecule has 0 aliphatic carbocycles. The van der Waals surface area contributed by atoms with Crippen LogP contribution in [0.2, 0.25) is 0 Å². The van der Waals surface area contributed by atoms with E-state index in [1.54, 1.807) is 16.3 Å². The Hall–Kier alpha value is -1.70. The fourth-order valence-corrected chi connectivity index (χ4v) is 5.27. The number of hydrogen-bond acceptors (Lipinski definition) is 5. The van der Waals surface area contributed by atoms with Gasteiger partial charge < -0.3 is 4.90 Å². The second kappa shape index (κ2) is 8.54. The summed E-state index contributed by atoms with van der Waals surface area (Å²) in [6, 6.07) is 14.2. The number of carbonyl (C=O) groups excluding carboxylic acids is 1. The predicted octanol–water partition coefficient (Wildman–Crippen LogP) is 4.54. The summed E-state index contributed by atoms with van der Waals surface area (Å²) >= 11 is 8.63. The van der Waals surface area contributed by atoms with Crippen molar-refractivity contribution in [2.24, 2.45) is 5.10 Å². The normalized spacial score (nSPS) is 19.4. The summed E-state index contributed by atoms with van der Waals surface area (Å²) in [5, 5.41) is 8.42. The van der Waals surface area contributed by atoms with Crippen LogP contribution in [-0.4, -0.2) is 44.7 Å². The smallest absolute Gasteiger partial charge is 0.253 e. The first-order valence-electron chi connectivity index (χ1n) is 9.12. The molecule has 3 heterocycles. The molecule has 1 aromatic carbocycles. The largest absolute Gasteiger partial charge is 0.358 e. The maximum absolute atomic E-state index is 13.0. The molecule has 27 heavy (non-hydrogen) atoms. The van der Waals surface area contributed by atoms with Gasteiger partial charge >= 0.3 is 0 Å². The molecule has 2 aliphatic rings. The monoisotopic (exact) mass is 415 g/mol. The van der Waals surface area contributed by atoms with Gasteiger partial charge in [-0.25, -0.2) is 5.01 Å². The molecule has 0 bridgehead atoms. The Morgan fingerprint density at radius 1 is 1.19 bits per heavy atom. The van der Waals surface area contributed by atoms with Crippen molar-refractivity contribution >= 4 is 51.3 Å². The second-order valence-corrected chi connectivity index (χ2v) is 9.20. The van der Waals surface area contributed by atoms with E-state index in [0.29, 0.717) is 5.75 Å². The minimum atomic E-state index is -0.0447. The topological polar surface area (TPSA) is 35.9 Å². The van der Waals surface area contributed by atoms with Gasteiger partial charge in [0.25, 0.3) is 5.91 Å². The molecular formula is C20H21N3OS3. The quantitative estimate of drug-likeness (QED) is 0.687. The summed E-state index contributed by atoms with van der Waals surface area (Å²) in [5.41, 5.74) is 2.10. The van der Waals surface area contributed by atoms with E-state index in [9.17, 15) is 4.79 Å². The van der Waals surface area contributed by atoms with E-state index in [1.165, 1.54) is 24.6 Å². The highest BCUT2D eigenvalue weighted by atomic mass is 32.2. The number of benzene rings is 1. The van der Waals surface area contributed by atoms with Crippen LogP contribution in [0.25, 0.3) is 0 Å². The Morgan fingerprint density at radius 3 is 2.67 bits per heavy atom. The molecule has 1 aromatic heterocycles. The van der Waals surface area contributed by atoms with Gasteiger partial charge in [-0.3, -0.25) is 4.79 Å². The third-order valence-electron chi connectivity index (χ3n) is 4.84. The average molecular weight is 416 g/mol. The first kappa shape index (κ1) is 18.7. The zero-order valence-corrected chi connectivity index (χ0v) is 17.4. The van der Waals surface area contributed by atoms with Crippen molar-refractivity contribution in [2.45, 2.75) is 25.3 Å². The lowest BCUT2D eigenvalue weighted by molar-refractivity contribution is -0.130. The highest BCUT2D eigenvalue weighted by molar-refractivity contribution is 8.23. The van der Waals surface area contributed by atoms with Crippen molar-refractivity contribution in [3.8, 4) is 0 Å². The van der Waals surface area contributed by atoms with E-state index in [0.717, 1.165) is 40.0 Å². The molecule has 140 valence electrons. The summed E-state index contributed by atoms with van der Waals surface area (Å²) in [6.07, 6.45) is 3.12. The van der Waals surface area contributed by atoms with Crippen molar-refractivity contribution in [2.75, 3.05) is 18.8 Å². The molecule has 0 N–H and O–H groups in total. The van der Waals surface area contributed by atoms with E-state index in [1.807, 2.05) is 29.6 Å². The van der Waals surface area contributed by atoms with Crippen LogP contribution in [0.3, 0.4) is 0 Å². The number of thiophene rings is 1. The van der Waals surface area contributed by atoms with Gasteiger partial charge in [0.1, 0.15) is 4.32 Å². The molecule has 1 atom stereocenters. The summed E-state index contributed by atoms with van der Waals surface area (Å²) < 4.78 is 0.832. The molecule has 0 radical (unpaired) electrons. The Bertz CT molecular complexity index is 829. The molecule has 1 amide bonds. The standard InChI is InChI=1S/C20H21N3OS3/c24-19(14-27-20(25)22-10-4-5-11-22)23-17(15-7-2-1-3-8-15)13-16(21-23)18-9-6-12-26-18/h1-3,6-9,12,17H,4-5,10-11,13-14H2. The van der Waals surface area contributed by atoms with Gasteiger partial charge in [0.2, 0.25) is 0 Å². The third kappa shape index (κ3) is 4.25. The molecule has 2 aliphatic heterocycles. The SMILES string of the molecule is O=C(CSC(=S)N1CCCC1)N1N=C(c2cccs2)CC1c1ccccc1. The molecule has 0 saturated carbocycles. The number of hydrazone groups is 1. The first-order valence-corrected chi connectivity index (χ1v) is 11.4. The van der Waals surface area contributed by atoms with Crippen molar-refractivity contribution in [3.05, 3.63) is 58.3 Å². The molecular weight excluding hydrogens is 394 g/mol. The third-order valence-corrected chi connectivity index (χ3v) is 7.27.